The third-order valence-corrected chi connectivity index (χ3v) is 5.99. The molecule has 0 aromatic heterocycles. The Bertz CT molecular complexity index is 737. The van der Waals surface area contributed by atoms with Gasteiger partial charge in [0, 0.05) is 12.3 Å². The summed E-state index contributed by atoms with van der Waals surface area (Å²) in [7, 11) is 1.60. The van der Waals surface area contributed by atoms with Crippen LogP contribution in [0, 0.1) is 11.8 Å². The Morgan fingerprint density at radius 1 is 1.11 bits per heavy atom. The maximum Gasteiger partial charge on any atom is 0.238 e. The molecule has 4 rings (SSSR count). The van der Waals surface area contributed by atoms with Crippen molar-refractivity contribution >= 4 is 17.5 Å². The van der Waals surface area contributed by atoms with Crippen LogP contribution in [0.5, 0.6) is 5.75 Å². The molecule has 1 N–H and O–H groups in total. The minimum atomic E-state index is -0.249. The van der Waals surface area contributed by atoms with Gasteiger partial charge in [-0.3, -0.25) is 14.5 Å². The summed E-state index contributed by atoms with van der Waals surface area (Å²) in [4.78, 5) is 28.7. The van der Waals surface area contributed by atoms with Crippen molar-refractivity contribution in [1.82, 2.24) is 0 Å². The Morgan fingerprint density at radius 2 is 1.85 bits per heavy atom. The number of morpholine rings is 1. The lowest BCUT2D eigenvalue weighted by Gasteiger charge is -2.34. The van der Waals surface area contributed by atoms with Crippen LogP contribution in [0.3, 0.4) is 0 Å². The molecule has 6 heteroatoms. The predicted octanol–water partition coefficient (Wildman–Crippen LogP) is 1.17. The quantitative estimate of drug-likeness (QED) is 0.808. The normalized spacial score (nSPS) is 27.0. The van der Waals surface area contributed by atoms with Crippen molar-refractivity contribution in [1.29, 1.82) is 0 Å². The summed E-state index contributed by atoms with van der Waals surface area (Å²) in [6.07, 6.45) is 5.74. The summed E-state index contributed by atoms with van der Waals surface area (Å²) < 4.78 is 10.7. The lowest BCUT2D eigenvalue weighted by atomic mass is 9.80. The number of nitrogens with one attached hydrogen (secondary N) is 1. The van der Waals surface area contributed by atoms with E-state index in [0.29, 0.717) is 17.9 Å². The molecule has 0 radical (unpaired) electrons. The van der Waals surface area contributed by atoms with E-state index in [-0.39, 0.29) is 23.7 Å². The molecule has 6 nitrogen and oxygen atoms in total. The smallest absolute Gasteiger partial charge is 0.238 e. The summed E-state index contributed by atoms with van der Waals surface area (Å²) in [6.45, 7) is 3.41. The van der Waals surface area contributed by atoms with Crippen LogP contribution in [-0.2, 0) is 14.3 Å². The number of anilines is 1. The number of carbonyl (C=O) groups is 2. The number of amides is 2. The second-order valence-electron chi connectivity index (χ2n) is 7.49. The van der Waals surface area contributed by atoms with E-state index in [4.69, 9.17) is 9.47 Å². The first-order chi connectivity index (χ1) is 13.2. The fourth-order valence-electron chi connectivity index (χ4n) is 4.61. The Hall–Kier alpha value is -2.18. The van der Waals surface area contributed by atoms with Gasteiger partial charge < -0.3 is 14.4 Å². The van der Waals surface area contributed by atoms with E-state index in [0.717, 1.165) is 45.6 Å². The zero-order chi connectivity index (χ0) is 18.8. The number of benzene rings is 1. The fraction of sp³-hybridized carbons (Fsp3) is 0.524. The van der Waals surface area contributed by atoms with Gasteiger partial charge >= 0.3 is 0 Å². The molecule has 2 saturated heterocycles. The highest BCUT2D eigenvalue weighted by Crippen LogP contribution is 2.37. The van der Waals surface area contributed by atoms with Crippen LogP contribution in [0.25, 0.3) is 0 Å². The Kier molecular flexibility index (Phi) is 5.27. The maximum atomic E-state index is 13.2. The maximum absolute atomic E-state index is 13.2. The molecule has 1 aliphatic carbocycles. The van der Waals surface area contributed by atoms with Crippen LogP contribution in [0.2, 0.25) is 0 Å². The van der Waals surface area contributed by atoms with E-state index < -0.39 is 0 Å². The number of quaternary nitrogens is 1. The van der Waals surface area contributed by atoms with Gasteiger partial charge in [0.2, 0.25) is 11.8 Å². The summed E-state index contributed by atoms with van der Waals surface area (Å²) in [6, 6.07) is 7.13. The van der Waals surface area contributed by atoms with Gasteiger partial charge in [0.1, 0.15) is 24.5 Å². The van der Waals surface area contributed by atoms with E-state index in [1.54, 1.807) is 31.4 Å². The topological polar surface area (TPSA) is 60.3 Å². The van der Waals surface area contributed by atoms with Crippen LogP contribution in [0.4, 0.5) is 5.69 Å². The van der Waals surface area contributed by atoms with Crippen molar-refractivity contribution in [2.75, 3.05) is 38.3 Å². The molecule has 0 bridgehead atoms. The Balaban J connectivity index is 1.56. The molecule has 2 aliphatic heterocycles. The number of methoxy groups -OCH3 is 1. The number of allylic oxidation sites excluding steroid dienone is 2. The van der Waals surface area contributed by atoms with Crippen molar-refractivity contribution in [2.24, 2.45) is 11.8 Å². The first kappa shape index (κ1) is 18.2. The molecule has 3 aliphatic rings. The molecule has 27 heavy (non-hydrogen) atoms. The van der Waals surface area contributed by atoms with Gasteiger partial charge in [0.15, 0.2) is 0 Å². The van der Waals surface area contributed by atoms with Gasteiger partial charge in [-0.25, -0.2) is 0 Å². The molecular formula is C21H27N2O4+. The third kappa shape index (κ3) is 3.51. The van der Waals surface area contributed by atoms with E-state index in [1.165, 1.54) is 15.5 Å². The van der Waals surface area contributed by atoms with Gasteiger partial charge in [-0.05, 0) is 49.6 Å². The van der Waals surface area contributed by atoms with Crippen LogP contribution >= 0.6 is 0 Å². The SMILES string of the molecule is COc1ccc(N2C(=O)C[C@H]([C@@H]3CCCC=C3[NH+]3CCOCC3)C2=O)cc1. The summed E-state index contributed by atoms with van der Waals surface area (Å²) in [5.74, 6) is 0.462. The second kappa shape index (κ2) is 7.82. The molecule has 144 valence electrons. The van der Waals surface area contributed by atoms with Crippen LogP contribution in [0.15, 0.2) is 36.0 Å². The monoisotopic (exact) mass is 371 g/mol. The first-order valence-corrected chi connectivity index (χ1v) is 9.82. The van der Waals surface area contributed by atoms with E-state index in [1.807, 2.05) is 0 Å². The lowest BCUT2D eigenvalue weighted by molar-refractivity contribution is -0.874. The summed E-state index contributed by atoms with van der Waals surface area (Å²) in [5.41, 5.74) is 1.96. The van der Waals surface area contributed by atoms with E-state index in [2.05, 4.69) is 6.08 Å². The minimum Gasteiger partial charge on any atom is -0.497 e. The highest BCUT2D eigenvalue weighted by atomic mass is 16.5. The highest BCUT2D eigenvalue weighted by molar-refractivity contribution is 6.21. The molecule has 2 fully saturated rings. The average molecular weight is 371 g/mol. The van der Waals surface area contributed by atoms with Gasteiger partial charge in [-0.15, -0.1) is 0 Å². The van der Waals surface area contributed by atoms with Crippen LogP contribution in [-0.4, -0.2) is 45.2 Å². The van der Waals surface area contributed by atoms with Gasteiger partial charge in [0.05, 0.1) is 31.9 Å². The lowest BCUT2D eigenvalue weighted by Crippen LogP contribution is -3.13. The zero-order valence-corrected chi connectivity index (χ0v) is 15.8. The Morgan fingerprint density at radius 3 is 2.56 bits per heavy atom. The van der Waals surface area contributed by atoms with Crippen LogP contribution in [0.1, 0.15) is 25.7 Å². The Labute approximate surface area is 159 Å². The van der Waals surface area contributed by atoms with E-state index >= 15 is 0 Å². The molecule has 2 amide bonds. The molecule has 0 unspecified atom stereocenters. The molecule has 1 aromatic rings. The number of imide groups is 1. The summed E-state index contributed by atoms with van der Waals surface area (Å²) in [5, 5.41) is 0. The van der Waals surface area contributed by atoms with Gasteiger partial charge in [0.25, 0.3) is 0 Å². The van der Waals surface area contributed by atoms with E-state index in [9.17, 15) is 9.59 Å². The second-order valence-corrected chi connectivity index (χ2v) is 7.49. The molecule has 0 saturated carbocycles. The van der Waals surface area contributed by atoms with Gasteiger partial charge in [-0.2, -0.15) is 0 Å². The standard InChI is InChI=1S/C21H26N2O4/c1-26-16-8-6-15(7-9-16)23-20(24)14-18(21(23)25)17-4-2-3-5-19(17)22-10-12-27-13-11-22/h5-9,17-18H,2-4,10-14H2,1H3/p+1/t17-,18+/m0/s1. The highest BCUT2D eigenvalue weighted by Gasteiger charge is 2.47. The first-order valence-electron chi connectivity index (χ1n) is 9.82. The molecule has 1 aromatic carbocycles. The van der Waals surface area contributed by atoms with Crippen LogP contribution < -0.4 is 14.5 Å². The number of hydrogen-bond acceptors (Lipinski definition) is 4. The number of nitrogens with zero attached hydrogens (tertiary/aromatic N) is 1. The van der Waals surface area contributed by atoms with Crippen molar-refractivity contribution in [3.8, 4) is 5.75 Å². The average Bonchev–Trinajstić information content (AvgIpc) is 3.02. The molecule has 2 heterocycles. The van der Waals surface area contributed by atoms with Crippen molar-refractivity contribution < 1.29 is 24.0 Å². The third-order valence-electron chi connectivity index (χ3n) is 5.99. The molecule has 2 atom stereocenters. The van der Waals surface area contributed by atoms with Crippen molar-refractivity contribution in [2.45, 2.75) is 25.7 Å². The van der Waals surface area contributed by atoms with Gasteiger partial charge in [-0.1, -0.05) is 0 Å². The number of carbonyl (C=O) groups excluding carboxylic acids is 2. The summed E-state index contributed by atoms with van der Waals surface area (Å²) >= 11 is 0. The largest absolute Gasteiger partial charge is 0.497 e. The van der Waals surface area contributed by atoms with Crippen molar-refractivity contribution in [3.05, 3.63) is 36.0 Å². The number of rotatable bonds is 4. The predicted molar refractivity (Wildman–Crippen MR) is 101 cm³/mol. The van der Waals surface area contributed by atoms with Crippen molar-refractivity contribution in [3.63, 3.8) is 0 Å². The zero-order valence-electron chi connectivity index (χ0n) is 15.8. The number of hydrogen-bond donors (Lipinski definition) is 1. The fourth-order valence-corrected chi connectivity index (χ4v) is 4.61. The minimum absolute atomic E-state index is 0.0596. The molecular weight excluding hydrogens is 344 g/mol. The molecule has 0 spiro atoms. The number of ether oxygens (including phenoxy) is 2.